The van der Waals surface area contributed by atoms with Crippen molar-refractivity contribution in [1.29, 1.82) is 0 Å². The largest absolute Gasteiger partial charge is 0.481 e. The molecule has 0 rings (SSSR count). The fourth-order valence-corrected chi connectivity index (χ4v) is 2.04. The van der Waals surface area contributed by atoms with Gasteiger partial charge in [-0.05, 0) is 6.42 Å². The summed E-state index contributed by atoms with van der Waals surface area (Å²) >= 11 is 0. The number of carboxylic acid groups (broad SMARTS) is 2. The van der Waals surface area contributed by atoms with Crippen molar-refractivity contribution < 1.29 is 34.2 Å². The summed E-state index contributed by atoms with van der Waals surface area (Å²) in [7, 11) is -5.00. The third-order valence-corrected chi connectivity index (χ3v) is 3.77. The van der Waals surface area contributed by atoms with Crippen LogP contribution in [-0.2, 0) is 14.2 Å². The van der Waals surface area contributed by atoms with Gasteiger partial charge in [-0.2, -0.15) is 0 Å². The number of carboxylic acids is 2. The molecule has 4 N–H and O–H groups in total. The number of rotatable bonds is 5. The van der Waals surface area contributed by atoms with Crippen LogP contribution < -0.4 is 0 Å². The van der Waals surface area contributed by atoms with Gasteiger partial charge in [-0.15, -0.1) is 0 Å². The van der Waals surface area contributed by atoms with Crippen molar-refractivity contribution in [3.05, 3.63) is 0 Å². The van der Waals surface area contributed by atoms with Gasteiger partial charge >= 0.3 is 19.5 Å². The Morgan fingerprint density at radius 3 is 1.79 bits per heavy atom. The Morgan fingerprint density at radius 2 is 1.71 bits per heavy atom. The van der Waals surface area contributed by atoms with Gasteiger partial charge < -0.3 is 20.0 Å². The van der Waals surface area contributed by atoms with Gasteiger partial charge in [0.15, 0.2) is 5.16 Å². The number of hydrogen-bond donors (Lipinski definition) is 4. The van der Waals surface area contributed by atoms with E-state index in [0.717, 1.165) is 0 Å². The lowest BCUT2D eigenvalue weighted by Crippen LogP contribution is -2.40. The standard InChI is InChI=1S/C6H11O7P/c1-2-6(5(9)10,3-4(7)8)14(11,12)13/h2-3H2,1H3,(H,7,8)(H,9,10)(H2,11,12,13). The van der Waals surface area contributed by atoms with Gasteiger partial charge in [0.25, 0.3) is 0 Å². The second kappa shape index (κ2) is 4.08. The Labute approximate surface area is 79.5 Å². The van der Waals surface area contributed by atoms with Crippen LogP contribution in [-0.4, -0.2) is 37.1 Å². The minimum absolute atomic E-state index is 0.446. The molecule has 0 spiro atoms. The van der Waals surface area contributed by atoms with E-state index < -0.39 is 37.5 Å². The zero-order valence-electron chi connectivity index (χ0n) is 7.38. The first-order valence-corrected chi connectivity index (χ1v) is 5.29. The predicted octanol–water partition coefficient (Wildman–Crippen LogP) is -0.128. The fourth-order valence-electron chi connectivity index (χ4n) is 1.04. The second-order valence-corrected chi connectivity index (χ2v) is 4.75. The van der Waals surface area contributed by atoms with Crippen LogP contribution in [0.2, 0.25) is 0 Å². The molecular formula is C6H11O7P. The van der Waals surface area contributed by atoms with Crippen LogP contribution in [0.3, 0.4) is 0 Å². The molecule has 0 radical (unpaired) electrons. The summed E-state index contributed by atoms with van der Waals surface area (Å²) in [4.78, 5) is 38.6. The molecular weight excluding hydrogens is 215 g/mol. The average Bonchev–Trinajstić information content (AvgIpc) is 1.96. The fraction of sp³-hybridized carbons (Fsp3) is 0.667. The van der Waals surface area contributed by atoms with Crippen LogP contribution in [0.5, 0.6) is 0 Å². The molecule has 0 saturated heterocycles. The molecule has 1 unspecified atom stereocenters. The van der Waals surface area contributed by atoms with E-state index >= 15 is 0 Å². The minimum atomic E-state index is -5.00. The first-order chi connectivity index (χ1) is 6.17. The Kier molecular flexibility index (Phi) is 3.81. The zero-order chi connectivity index (χ0) is 11.6. The quantitative estimate of drug-likeness (QED) is 0.480. The van der Waals surface area contributed by atoms with Crippen molar-refractivity contribution in [2.24, 2.45) is 0 Å². The molecule has 14 heavy (non-hydrogen) atoms. The number of hydrogen-bond acceptors (Lipinski definition) is 3. The lowest BCUT2D eigenvalue weighted by molar-refractivity contribution is -0.147. The summed E-state index contributed by atoms with van der Waals surface area (Å²) in [5, 5.41) is 14.5. The first-order valence-electron chi connectivity index (χ1n) is 3.68. The van der Waals surface area contributed by atoms with Crippen molar-refractivity contribution in [3.8, 4) is 0 Å². The lowest BCUT2D eigenvalue weighted by atomic mass is 10.0. The maximum absolute atomic E-state index is 10.9. The van der Waals surface area contributed by atoms with Crippen molar-refractivity contribution in [3.63, 3.8) is 0 Å². The molecule has 0 aromatic heterocycles. The van der Waals surface area contributed by atoms with E-state index in [1.54, 1.807) is 0 Å². The van der Waals surface area contributed by atoms with Crippen LogP contribution in [0.25, 0.3) is 0 Å². The molecule has 0 saturated carbocycles. The molecule has 0 aliphatic heterocycles. The molecule has 1 atom stereocenters. The van der Waals surface area contributed by atoms with Crippen molar-refractivity contribution >= 4 is 19.5 Å². The summed E-state index contributed by atoms with van der Waals surface area (Å²) in [6.45, 7) is 1.22. The molecule has 0 bridgehead atoms. The number of carbonyl (C=O) groups is 2. The van der Waals surface area contributed by atoms with Gasteiger partial charge in [0.2, 0.25) is 0 Å². The van der Waals surface area contributed by atoms with E-state index in [0.29, 0.717) is 0 Å². The molecule has 8 heteroatoms. The SMILES string of the molecule is CCC(CC(=O)O)(C(=O)O)P(=O)(O)O. The summed E-state index contributed by atoms with van der Waals surface area (Å²) in [6.07, 6.45) is -1.54. The van der Waals surface area contributed by atoms with Crippen LogP contribution in [0.1, 0.15) is 19.8 Å². The third-order valence-electron chi connectivity index (χ3n) is 1.98. The predicted molar refractivity (Wildman–Crippen MR) is 45.0 cm³/mol. The molecule has 82 valence electrons. The minimum Gasteiger partial charge on any atom is -0.481 e. The van der Waals surface area contributed by atoms with Crippen molar-refractivity contribution in [2.75, 3.05) is 0 Å². The molecule has 0 fully saturated rings. The average molecular weight is 226 g/mol. The molecule has 0 aromatic carbocycles. The molecule has 0 heterocycles. The lowest BCUT2D eigenvalue weighted by Gasteiger charge is -2.26. The summed E-state index contributed by atoms with van der Waals surface area (Å²) in [5.74, 6) is -3.35. The van der Waals surface area contributed by atoms with Gasteiger partial charge in [0, 0.05) is 0 Å². The summed E-state index contributed by atoms with van der Waals surface area (Å²) in [5.41, 5.74) is 0. The Morgan fingerprint density at radius 1 is 1.29 bits per heavy atom. The Hall–Kier alpha value is -0.910. The van der Waals surface area contributed by atoms with Gasteiger partial charge in [-0.25, -0.2) is 0 Å². The molecule has 7 nitrogen and oxygen atoms in total. The van der Waals surface area contributed by atoms with Crippen molar-refractivity contribution in [1.82, 2.24) is 0 Å². The van der Waals surface area contributed by atoms with E-state index in [1.807, 2.05) is 0 Å². The second-order valence-electron chi connectivity index (χ2n) is 2.80. The highest BCUT2D eigenvalue weighted by atomic mass is 31.2. The van der Waals surface area contributed by atoms with Gasteiger partial charge in [-0.3, -0.25) is 14.2 Å². The topological polar surface area (TPSA) is 132 Å². The zero-order valence-corrected chi connectivity index (χ0v) is 8.27. The van der Waals surface area contributed by atoms with E-state index in [2.05, 4.69) is 0 Å². The van der Waals surface area contributed by atoms with E-state index in [4.69, 9.17) is 20.0 Å². The number of aliphatic carboxylic acids is 2. The highest BCUT2D eigenvalue weighted by Crippen LogP contribution is 2.54. The Balaban J connectivity index is 5.32. The van der Waals surface area contributed by atoms with E-state index in [-0.39, 0.29) is 0 Å². The van der Waals surface area contributed by atoms with Crippen molar-refractivity contribution in [2.45, 2.75) is 24.9 Å². The molecule has 0 aliphatic carbocycles. The van der Waals surface area contributed by atoms with Gasteiger partial charge in [0.05, 0.1) is 6.42 Å². The van der Waals surface area contributed by atoms with Crippen LogP contribution in [0, 0.1) is 0 Å². The monoisotopic (exact) mass is 226 g/mol. The van der Waals surface area contributed by atoms with E-state index in [1.165, 1.54) is 6.92 Å². The van der Waals surface area contributed by atoms with Crippen LogP contribution in [0.15, 0.2) is 0 Å². The molecule has 0 aliphatic rings. The van der Waals surface area contributed by atoms with Gasteiger partial charge in [-0.1, -0.05) is 6.92 Å². The summed E-state index contributed by atoms with van der Waals surface area (Å²) in [6, 6.07) is 0. The normalized spacial score (nSPS) is 15.9. The smallest absolute Gasteiger partial charge is 0.343 e. The van der Waals surface area contributed by atoms with E-state index in [9.17, 15) is 14.2 Å². The third kappa shape index (κ3) is 2.31. The van der Waals surface area contributed by atoms with Crippen LogP contribution >= 0.6 is 7.60 Å². The highest BCUT2D eigenvalue weighted by molar-refractivity contribution is 7.54. The molecule has 0 aromatic rings. The maximum Gasteiger partial charge on any atom is 0.343 e. The maximum atomic E-state index is 10.9. The van der Waals surface area contributed by atoms with Crippen LogP contribution in [0.4, 0.5) is 0 Å². The first kappa shape index (κ1) is 13.1. The Bertz CT molecular complexity index is 293. The van der Waals surface area contributed by atoms with Gasteiger partial charge in [0.1, 0.15) is 0 Å². The molecule has 0 amide bonds. The summed E-state index contributed by atoms with van der Waals surface area (Å²) < 4.78 is 10.9. The highest BCUT2D eigenvalue weighted by Gasteiger charge is 2.53.